The van der Waals surface area contributed by atoms with Crippen LogP contribution < -0.4 is 10.9 Å². The van der Waals surface area contributed by atoms with E-state index in [0.29, 0.717) is 16.6 Å². The predicted octanol–water partition coefficient (Wildman–Crippen LogP) is 1.95. The highest BCUT2D eigenvalue weighted by Crippen LogP contribution is 2.26. The smallest absolute Gasteiger partial charge is 0.267 e. The van der Waals surface area contributed by atoms with Crippen molar-refractivity contribution in [3.8, 4) is 11.8 Å². The zero-order valence-corrected chi connectivity index (χ0v) is 13.8. The lowest BCUT2D eigenvalue weighted by Gasteiger charge is -2.14. The number of carbonyl (C=O) groups excluding carboxylic acids is 1. The third-order valence-corrected chi connectivity index (χ3v) is 3.98. The van der Waals surface area contributed by atoms with E-state index in [1.165, 1.54) is 4.57 Å². The fraction of sp³-hybridized carbons (Fsp3) is 0.158. The molecule has 7 nitrogen and oxygen atoms in total. The minimum absolute atomic E-state index is 0.115. The summed E-state index contributed by atoms with van der Waals surface area (Å²) < 4.78 is 1.34. The molecule has 0 fully saturated rings. The number of rotatable bonds is 5. The Morgan fingerprint density at radius 2 is 2.00 bits per heavy atom. The number of pyridine rings is 2. The van der Waals surface area contributed by atoms with Gasteiger partial charge < -0.3 is 15.0 Å². The molecule has 2 heterocycles. The molecule has 0 radical (unpaired) electrons. The van der Waals surface area contributed by atoms with Crippen LogP contribution in [0.5, 0.6) is 5.75 Å². The van der Waals surface area contributed by atoms with Crippen molar-refractivity contribution in [2.24, 2.45) is 0 Å². The number of aromatic nitrogens is 2. The first-order valence-electron chi connectivity index (χ1n) is 8.03. The molecule has 0 saturated heterocycles. The summed E-state index contributed by atoms with van der Waals surface area (Å²) in [5, 5.41) is 22.3. The Labute approximate surface area is 149 Å². The normalized spacial score (nSPS) is 10.4. The number of nitriles is 1. The molecule has 3 rings (SSSR count). The van der Waals surface area contributed by atoms with E-state index in [2.05, 4.69) is 10.3 Å². The van der Waals surface area contributed by atoms with Crippen LogP contribution in [0.3, 0.4) is 0 Å². The quantitative estimate of drug-likeness (QED) is 0.732. The molecule has 0 unspecified atom stereocenters. The monoisotopic (exact) mass is 348 g/mol. The summed E-state index contributed by atoms with van der Waals surface area (Å²) in [5.41, 5.74) is 0.144. The standard InChI is InChI=1S/C19H16N4O3/c20-9-5-11-23-15-8-2-1-7-14(15)17(24)16(19(23)26)18(25)22-12-13-6-3-4-10-21-13/h1-4,6-8,10,24H,5,11-12H2,(H,22,25). The van der Waals surface area contributed by atoms with Crippen molar-refractivity contribution < 1.29 is 9.90 Å². The topological polar surface area (TPSA) is 108 Å². The lowest BCUT2D eigenvalue weighted by molar-refractivity contribution is 0.0946. The number of hydrogen-bond acceptors (Lipinski definition) is 5. The molecule has 1 amide bonds. The number of carbonyl (C=O) groups is 1. The number of amides is 1. The summed E-state index contributed by atoms with van der Waals surface area (Å²) in [6.07, 6.45) is 1.72. The maximum absolute atomic E-state index is 12.8. The van der Waals surface area contributed by atoms with E-state index in [-0.39, 0.29) is 30.8 Å². The predicted molar refractivity (Wildman–Crippen MR) is 95.5 cm³/mol. The Morgan fingerprint density at radius 1 is 1.23 bits per heavy atom. The first-order valence-corrected chi connectivity index (χ1v) is 8.03. The maximum atomic E-state index is 12.8. The first kappa shape index (κ1) is 17.2. The Morgan fingerprint density at radius 3 is 2.73 bits per heavy atom. The van der Waals surface area contributed by atoms with Crippen LogP contribution in [0.25, 0.3) is 10.9 Å². The minimum atomic E-state index is -0.686. The number of benzene rings is 1. The van der Waals surface area contributed by atoms with Gasteiger partial charge in [0.15, 0.2) is 0 Å². The highest BCUT2D eigenvalue weighted by molar-refractivity contribution is 6.02. The molecule has 26 heavy (non-hydrogen) atoms. The van der Waals surface area contributed by atoms with Crippen molar-refractivity contribution in [1.29, 1.82) is 5.26 Å². The van der Waals surface area contributed by atoms with Crippen LogP contribution in [0.2, 0.25) is 0 Å². The molecule has 0 spiro atoms. The summed E-state index contributed by atoms with van der Waals surface area (Å²) in [7, 11) is 0. The Bertz CT molecular complexity index is 1050. The van der Waals surface area contributed by atoms with Crippen LogP contribution in [0.4, 0.5) is 0 Å². The number of nitrogens with one attached hydrogen (secondary N) is 1. The zero-order chi connectivity index (χ0) is 18.5. The molecule has 0 bridgehead atoms. The number of fused-ring (bicyclic) bond motifs is 1. The molecule has 130 valence electrons. The van der Waals surface area contributed by atoms with E-state index in [1.54, 1.807) is 48.7 Å². The summed E-state index contributed by atoms with van der Waals surface area (Å²) in [6, 6.07) is 14.0. The number of aryl methyl sites for hydroxylation is 1. The summed E-state index contributed by atoms with van der Waals surface area (Å²) in [5.74, 6) is -1.05. The number of para-hydroxylation sites is 1. The lowest BCUT2D eigenvalue weighted by Crippen LogP contribution is -2.33. The molecule has 0 aliphatic heterocycles. The van der Waals surface area contributed by atoms with Crippen molar-refractivity contribution in [3.63, 3.8) is 0 Å². The van der Waals surface area contributed by atoms with Gasteiger partial charge >= 0.3 is 0 Å². The third kappa shape index (κ3) is 3.26. The van der Waals surface area contributed by atoms with Gasteiger partial charge in [-0.25, -0.2) is 0 Å². The molecular weight excluding hydrogens is 332 g/mol. The molecule has 0 saturated carbocycles. The largest absolute Gasteiger partial charge is 0.506 e. The van der Waals surface area contributed by atoms with Crippen molar-refractivity contribution in [1.82, 2.24) is 14.9 Å². The molecule has 1 aromatic carbocycles. The molecular formula is C19H16N4O3. The Kier molecular flexibility index (Phi) is 4.94. The van der Waals surface area contributed by atoms with E-state index in [0.717, 1.165) is 0 Å². The van der Waals surface area contributed by atoms with Gasteiger partial charge in [-0.1, -0.05) is 18.2 Å². The molecule has 2 N–H and O–H groups in total. The van der Waals surface area contributed by atoms with E-state index in [1.807, 2.05) is 6.07 Å². The van der Waals surface area contributed by atoms with E-state index in [4.69, 9.17) is 5.26 Å². The highest BCUT2D eigenvalue weighted by atomic mass is 16.3. The lowest BCUT2D eigenvalue weighted by atomic mass is 10.1. The van der Waals surface area contributed by atoms with Gasteiger partial charge in [0.1, 0.15) is 11.3 Å². The van der Waals surface area contributed by atoms with Crippen LogP contribution in [0.15, 0.2) is 53.5 Å². The fourth-order valence-corrected chi connectivity index (χ4v) is 2.74. The van der Waals surface area contributed by atoms with Crippen molar-refractivity contribution in [3.05, 3.63) is 70.3 Å². The zero-order valence-electron chi connectivity index (χ0n) is 13.8. The average Bonchev–Trinajstić information content (AvgIpc) is 2.67. The third-order valence-electron chi connectivity index (χ3n) is 3.98. The second kappa shape index (κ2) is 7.49. The molecule has 0 aliphatic rings. The molecule has 3 aromatic rings. The van der Waals surface area contributed by atoms with E-state index in [9.17, 15) is 14.7 Å². The summed E-state index contributed by atoms with van der Waals surface area (Å²) in [6.45, 7) is 0.264. The van der Waals surface area contributed by atoms with Gasteiger partial charge in [-0.05, 0) is 24.3 Å². The van der Waals surface area contributed by atoms with Crippen LogP contribution >= 0.6 is 0 Å². The molecule has 2 aromatic heterocycles. The van der Waals surface area contributed by atoms with E-state index >= 15 is 0 Å². The van der Waals surface area contributed by atoms with Gasteiger partial charge in [-0.3, -0.25) is 14.6 Å². The molecule has 7 heteroatoms. The van der Waals surface area contributed by atoms with Gasteiger partial charge in [0.2, 0.25) is 0 Å². The first-order chi connectivity index (χ1) is 12.6. The fourth-order valence-electron chi connectivity index (χ4n) is 2.74. The second-order valence-corrected chi connectivity index (χ2v) is 5.61. The van der Waals surface area contributed by atoms with Crippen LogP contribution in [0, 0.1) is 11.3 Å². The van der Waals surface area contributed by atoms with Crippen molar-refractivity contribution >= 4 is 16.8 Å². The second-order valence-electron chi connectivity index (χ2n) is 5.61. The summed E-state index contributed by atoms with van der Waals surface area (Å²) >= 11 is 0. The highest BCUT2D eigenvalue weighted by Gasteiger charge is 2.21. The van der Waals surface area contributed by atoms with Gasteiger partial charge in [-0.15, -0.1) is 0 Å². The van der Waals surface area contributed by atoms with Gasteiger partial charge in [0.05, 0.1) is 30.2 Å². The van der Waals surface area contributed by atoms with Crippen LogP contribution in [0.1, 0.15) is 22.5 Å². The van der Waals surface area contributed by atoms with Crippen molar-refractivity contribution in [2.45, 2.75) is 19.5 Å². The maximum Gasteiger partial charge on any atom is 0.267 e. The number of nitrogens with zero attached hydrogens (tertiary/aromatic N) is 3. The Balaban J connectivity index is 2.03. The van der Waals surface area contributed by atoms with Crippen LogP contribution in [-0.2, 0) is 13.1 Å². The Hall–Kier alpha value is -3.66. The van der Waals surface area contributed by atoms with E-state index < -0.39 is 11.5 Å². The van der Waals surface area contributed by atoms with Gasteiger partial charge in [0, 0.05) is 18.1 Å². The minimum Gasteiger partial charge on any atom is -0.506 e. The van der Waals surface area contributed by atoms with Gasteiger partial charge in [0.25, 0.3) is 11.5 Å². The number of hydrogen-bond donors (Lipinski definition) is 2. The van der Waals surface area contributed by atoms with Crippen LogP contribution in [-0.4, -0.2) is 20.6 Å². The molecule has 0 aliphatic carbocycles. The number of aromatic hydroxyl groups is 1. The van der Waals surface area contributed by atoms with Gasteiger partial charge in [-0.2, -0.15) is 5.26 Å². The SMILES string of the molecule is N#CCCn1c(=O)c(C(=O)NCc2ccccn2)c(O)c2ccccc21. The average molecular weight is 348 g/mol. The van der Waals surface area contributed by atoms with Crippen molar-refractivity contribution in [2.75, 3.05) is 0 Å². The summed E-state index contributed by atoms with van der Waals surface area (Å²) in [4.78, 5) is 29.4. The molecule has 0 atom stereocenters.